The molecule has 100 valence electrons. The van der Waals surface area contributed by atoms with Gasteiger partial charge < -0.3 is 4.57 Å². The van der Waals surface area contributed by atoms with E-state index in [4.69, 9.17) is 0 Å². The van der Waals surface area contributed by atoms with E-state index in [9.17, 15) is 0 Å². The highest BCUT2D eigenvalue weighted by Crippen LogP contribution is 2.30. The van der Waals surface area contributed by atoms with Crippen molar-refractivity contribution in [3.8, 4) is 0 Å². The summed E-state index contributed by atoms with van der Waals surface area (Å²) in [5, 5.41) is 2.60. The van der Waals surface area contributed by atoms with E-state index >= 15 is 0 Å². The Kier molecular flexibility index (Phi) is 4.20. The summed E-state index contributed by atoms with van der Waals surface area (Å²) in [4.78, 5) is 4.23. The van der Waals surface area contributed by atoms with Crippen LogP contribution < -0.4 is 0 Å². The number of rotatable bonds is 1. The van der Waals surface area contributed by atoms with Crippen molar-refractivity contribution in [2.24, 2.45) is 0 Å². The smallest absolute Gasteiger partial charge is 0.0680 e. The van der Waals surface area contributed by atoms with Gasteiger partial charge in [-0.3, -0.25) is 4.98 Å². The average molecular weight is 254 g/mol. The molecular weight excluding hydrogens is 232 g/mol. The Morgan fingerprint density at radius 1 is 1.00 bits per heavy atom. The molecule has 0 radical (unpaired) electrons. The zero-order chi connectivity index (χ0) is 13.8. The topological polar surface area (TPSA) is 17.8 Å². The quantitative estimate of drug-likeness (QED) is 0.584. The van der Waals surface area contributed by atoms with E-state index in [1.807, 2.05) is 12.4 Å². The van der Waals surface area contributed by atoms with Gasteiger partial charge in [0.2, 0.25) is 0 Å². The third-order valence-electron chi connectivity index (χ3n) is 3.03. The molecule has 1 aromatic carbocycles. The van der Waals surface area contributed by atoms with Crippen LogP contribution in [0.25, 0.3) is 21.8 Å². The van der Waals surface area contributed by atoms with Crippen LogP contribution in [0.3, 0.4) is 0 Å². The summed E-state index contributed by atoms with van der Waals surface area (Å²) < 4.78 is 2.34. The van der Waals surface area contributed by atoms with E-state index < -0.39 is 0 Å². The highest BCUT2D eigenvalue weighted by Gasteiger charge is 2.11. The van der Waals surface area contributed by atoms with Crippen LogP contribution in [-0.4, -0.2) is 9.55 Å². The van der Waals surface area contributed by atoms with Gasteiger partial charge in [-0.05, 0) is 26.0 Å². The average Bonchev–Trinajstić information content (AvgIpc) is 2.74. The molecule has 0 aliphatic heterocycles. The Hall–Kier alpha value is -1.83. The molecule has 0 saturated heterocycles. The Bertz CT molecular complexity index is 612. The lowest BCUT2D eigenvalue weighted by Crippen LogP contribution is -1.99. The maximum absolute atomic E-state index is 4.23. The maximum atomic E-state index is 4.23. The molecule has 0 bridgehead atoms. The molecule has 0 unspecified atom stereocenters. The van der Waals surface area contributed by atoms with E-state index in [1.54, 1.807) is 0 Å². The minimum Gasteiger partial charge on any atom is -0.337 e. The first-order valence-corrected chi connectivity index (χ1v) is 7.03. The molecule has 0 amide bonds. The fourth-order valence-electron chi connectivity index (χ4n) is 2.40. The third-order valence-corrected chi connectivity index (χ3v) is 3.03. The molecule has 19 heavy (non-hydrogen) atoms. The Morgan fingerprint density at radius 3 is 2.32 bits per heavy atom. The summed E-state index contributed by atoms with van der Waals surface area (Å²) >= 11 is 0. The van der Waals surface area contributed by atoms with Gasteiger partial charge in [0.25, 0.3) is 0 Å². The highest BCUT2D eigenvalue weighted by molar-refractivity contribution is 6.07. The van der Waals surface area contributed by atoms with Gasteiger partial charge in [0.05, 0.1) is 11.7 Å². The summed E-state index contributed by atoms with van der Waals surface area (Å²) in [7, 11) is 0. The number of aromatic nitrogens is 2. The summed E-state index contributed by atoms with van der Waals surface area (Å²) in [6.45, 7) is 8.66. The van der Waals surface area contributed by atoms with Gasteiger partial charge >= 0.3 is 0 Å². The molecule has 0 atom stereocenters. The largest absolute Gasteiger partial charge is 0.337 e. The van der Waals surface area contributed by atoms with Crippen molar-refractivity contribution >= 4 is 21.8 Å². The van der Waals surface area contributed by atoms with Crippen molar-refractivity contribution in [3.63, 3.8) is 0 Å². The van der Waals surface area contributed by atoms with E-state index in [-0.39, 0.29) is 0 Å². The van der Waals surface area contributed by atoms with Crippen molar-refractivity contribution in [2.75, 3.05) is 0 Å². The number of hydrogen-bond acceptors (Lipinski definition) is 1. The molecule has 0 fully saturated rings. The van der Waals surface area contributed by atoms with Crippen LogP contribution in [0.2, 0.25) is 0 Å². The summed E-state index contributed by atoms with van der Waals surface area (Å²) in [6, 6.07) is 11.1. The lowest BCUT2D eigenvalue weighted by atomic mass is 10.2. The van der Waals surface area contributed by atoms with Gasteiger partial charge in [-0.2, -0.15) is 0 Å². The molecule has 0 spiro atoms. The van der Waals surface area contributed by atoms with E-state index in [2.05, 4.69) is 67.6 Å². The highest BCUT2D eigenvalue weighted by atomic mass is 15.0. The number of benzene rings is 1. The van der Waals surface area contributed by atoms with E-state index in [0.29, 0.717) is 6.04 Å². The monoisotopic (exact) mass is 254 g/mol. The maximum Gasteiger partial charge on any atom is 0.0680 e. The van der Waals surface area contributed by atoms with Crippen LogP contribution in [0.1, 0.15) is 40.2 Å². The molecule has 2 heterocycles. The first-order chi connectivity index (χ1) is 9.20. The second-order valence-corrected chi connectivity index (χ2v) is 5.08. The molecule has 0 aliphatic carbocycles. The summed E-state index contributed by atoms with van der Waals surface area (Å²) in [5.74, 6) is 0. The number of para-hydroxylation sites is 1. The van der Waals surface area contributed by atoms with Gasteiger partial charge in [-0.1, -0.05) is 38.5 Å². The molecule has 3 rings (SSSR count). The van der Waals surface area contributed by atoms with Crippen molar-refractivity contribution in [3.05, 3.63) is 42.7 Å². The summed E-state index contributed by atoms with van der Waals surface area (Å²) in [5.41, 5.74) is 2.51. The number of pyridine rings is 1. The number of fused-ring (bicyclic) bond motifs is 3. The standard InChI is InChI=1S/C14H14N2.C3H8/c1-10(2)16-13-6-4-3-5-11(13)12-7-8-15-9-14(12)16;1-3-2/h3-10H,1-2H3;3H2,1-2H3. The molecule has 0 N–H and O–H groups in total. The zero-order valence-corrected chi connectivity index (χ0v) is 12.2. The molecular formula is C17H22N2. The van der Waals surface area contributed by atoms with Crippen LogP contribution in [0, 0.1) is 0 Å². The minimum absolute atomic E-state index is 0.451. The fraction of sp³-hybridized carbons (Fsp3) is 0.353. The lowest BCUT2D eigenvalue weighted by molar-refractivity contribution is 0.641. The molecule has 2 nitrogen and oxygen atoms in total. The Labute approximate surface area is 115 Å². The van der Waals surface area contributed by atoms with Gasteiger partial charge in [-0.25, -0.2) is 0 Å². The zero-order valence-electron chi connectivity index (χ0n) is 12.2. The van der Waals surface area contributed by atoms with Crippen molar-refractivity contribution in [1.29, 1.82) is 0 Å². The van der Waals surface area contributed by atoms with Crippen molar-refractivity contribution < 1.29 is 0 Å². The van der Waals surface area contributed by atoms with Crippen molar-refractivity contribution in [1.82, 2.24) is 9.55 Å². The second-order valence-electron chi connectivity index (χ2n) is 5.08. The predicted molar refractivity (Wildman–Crippen MR) is 83.6 cm³/mol. The first-order valence-electron chi connectivity index (χ1n) is 7.03. The van der Waals surface area contributed by atoms with Crippen LogP contribution in [0.4, 0.5) is 0 Å². The molecule has 2 aromatic heterocycles. The van der Waals surface area contributed by atoms with Crippen molar-refractivity contribution in [2.45, 2.75) is 40.2 Å². The normalized spacial score (nSPS) is 10.8. The Balaban J connectivity index is 0.000000408. The first kappa shape index (κ1) is 13.6. The van der Waals surface area contributed by atoms with Crippen LogP contribution in [0.5, 0.6) is 0 Å². The van der Waals surface area contributed by atoms with E-state index in [0.717, 1.165) is 0 Å². The number of hydrogen-bond donors (Lipinski definition) is 0. The molecule has 3 aromatic rings. The Morgan fingerprint density at radius 2 is 1.63 bits per heavy atom. The number of nitrogens with zero attached hydrogens (tertiary/aromatic N) is 2. The van der Waals surface area contributed by atoms with Gasteiger partial charge in [0.1, 0.15) is 0 Å². The van der Waals surface area contributed by atoms with Crippen LogP contribution in [0.15, 0.2) is 42.7 Å². The third kappa shape index (κ3) is 2.48. The summed E-state index contributed by atoms with van der Waals surface area (Å²) in [6.07, 6.45) is 5.06. The van der Waals surface area contributed by atoms with Gasteiger partial charge in [0, 0.05) is 28.5 Å². The van der Waals surface area contributed by atoms with E-state index in [1.165, 1.54) is 28.2 Å². The molecule has 2 heteroatoms. The second kappa shape index (κ2) is 5.87. The lowest BCUT2D eigenvalue weighted by Gasteiger charge is -2.10. The van der Waals surface area contributed by atoms with Crippen LogP contribution >= 0.6 is 0 Å². The van der Waals surface area contributed by atoms with Crippen LogP contribution in [-0.2, 0) is 0 Å². The minimum atomic E-state index is 0.451. The molecule has 0 saturated carbocycles. The molecule has 0 aliphatic rings. The predicted octanol–water partition coefficient (Wildman–Crippen LogP) is 5.19. The van der Waals surface area contributed by atoms with Gasteiger partial charge in [-0.15, -0.1) is 0 Å². The fourth-order valence-corrected chi connectivity index (χ4v) is 2.40. The SMILES string of the molecule is CC(C)n1c2ccccc2c2ccncc21.CCC. The van der Waals surface area contributed by atoms with Gasteiger partial charge in [0.15, 0.2) is 0 Å².